The molecule has 1 aromatic rings. The molecule has 0 saturated carbocycles. The summed E-state index contributed by atoms with van der Waals surface area (Å²) in [6, 6.07) is 5.79. The summed E-state index contributed by atoms with van der Waals surface area (Å²) in [6.45, 7) is 4.28. The van der Waals surface area contributed by atoms with Crippen molar-refractivity contribution < 1.29 is 9.53 Å². The molecular formula is C13H21ClN2O2. The number of benzene rings is 1. The number of ether oxygens (including phenoxy) is 1. The second-order valence-electron chi connectivity index (χ2n) is 4.27. The van der Waals surface area contributed by atoms with Crippen LogP contribution in [-0.2, 0) is 11.3 Å². The number of aryl methyl sites for hydroxylation is 1. The molecule has 102 valence electrons. The first-order valence-electron chi connectivity index (χ1n) is 5.68. The van der Waals surface area contributed by atoms with Crippen LogP contribution in [0.2, 0.25) is 0 Å². The van der Waals surface area contributed by atoms with Crippen LogP contribution in [0.3, 0.4) is 0 Å². The summed E-state index contributed by atoms with van der Waals surface area (Å²) in [4.78, 5) is 11.5. The van der Waals surface area contributed by atoms with Crippen molar-refractivity contribution in [3.05, 3.63) is 29.3 Å². The number of carbonyl (C=O) groups is 1. The first-order chi connectivity index (χ1) is 8.02. The Morgan fingerprint density at radius 3 is 2.72 bits per heavy atom. The fourth-order valence-electron chi connectivity index (χ4n) is 1.56. The molecule has 0 saturated heterocycles. The molecule has 1 amide bonds. The molecule has 5 heteroatoms. The van der Waals surface area contributed by atoms with Gasteiger partial charge in [-0.3, -0.25) is 4.79 Å². The summed E-state index contributed by atoms with van der Waals surface area (Å²) in [7, 11) is 1.63. The van der Waals surface area contributed by atoms with E-state index in [4.69, 9.17) is 10.5 Å². The predicted molar refractivity (Wildman–Crippen MR) is 75.1 cm³/mol. The fourth-order valence-corrected chi connectivity index (χ4v) is 1.56. The van der Waals surface area contributed by atoms with Crippen LogP contribution in [0.1, 0.15) is 24.5 Å². The van der Waals surface area contributed by atoms with Gasteiger partial charge in [0.25, 0.3) is 0 Å². The molecule has 1 aromatic carbocycles. The van der Waals surface area contributed by atoms with Crippen LogP contribution in [0.5, 0.6) is 5.75 Å². The number of nitrogens with one attached hydrogen (secondary N) is 1. The number of hydrogen-bond acceptors (Lipinski definition) is 3. The molecule has 0 aliphatic heterocycles. The average molecular weight is 273 g/mol. The molecule has 1 unspecified atom stereocenters. The summed E-state index contributed by atoms with van der Waals surface area (Å²) < 4.78 is 5.26. The van der Waals surface area contributed by atoms with Crippen molar-refractivity contribution in [3.8, 4) is 5.75 Å². The van der Waals surface area contributed by atoms with Crippen molar-refractivity contribution in [1.82, 2.24) is 5.32 Å². The Hall–Kier alpha value is -1.26. The molecule has 0 spiro atoms. The maximum Gasteiger partial charge on any atom is 0.221 e. The molecular weight excluding hydrogens is 252 g/mol. The smallest absolute Gasteiger partial charge is 0.221 e. The maximum atomic E-state index is 11.5. The minimum absolute atomic E-state index is 0. The Kier molecular flexibility index (Phi) is 7.39. The van der Waals surface area contributed by atoms with Crippen molar-refractivity contribution in [3.63, 3.8) is 0 Å². The molecule has 0 aliphatic rings. The zero-order valence-electron chi connectivity index (χ0n) is 11.0. The van der Waals surface area contributed by atoms with Gasteiger partial charge >= 0.3 is 0 Å². The predicted octanol–water partition coefficient (Wildman–Crippen LogP) is 1.78. The van der Waals surface area contributed by atoms with Gasteiger partial charge in [0.15, 0.2) is 0 Å². The highest BCUT2D eigenvalue weighted by Gasteiger charge is 2.07. The third-order valence-corrected chi connectivity index (χ3v) is 2.43. The molecule has 0 aromatic heterocycles. The Morgan fingerprint density at radius 1 is 1.50 bits per heavy atom. The normalized spacial score (nSPS) is 11.3. The van der Waals surface area contributed by atoms with Gasteiger partial charge < -0.3 is 15.8 Å². The molecule has 0 heterocycles. The van der Waals surface area contributed by atoms with Crippen LogP contribution in [0.25, 0.3) is 0 Å². The van der Waals surface area contributed by atoms with E-state index in [-0.39, 0.29) is 24.4 Å². The van der Waals surface area contributed by atoms with Gasteiger partial charge in [0.05, 0.1) is 7.11 Å². The quantitative estimate of drug-likeness (QED) is 0.859. The first kappa shape index (κ1) is 16.7. The number of methoxy groups -OCH3 is 1. The third kappa shape index (κ3) is 5.38. The van der Waals surface area contributed by atoms with E-state index in [1.165, 1.54) is 0 Å². The Labute approximate surface area is 114 Å². The largest absolute Gasteiger partial charge is 0.496 e. The number of carbonyl (C=O) groups excluding carboxylic acids is 1. The number of hydrogen-bond donors (Lipinski definition) is 2. The van der Waals surface area contributed by atoms with Gasteiger partial charge in [-0.2, -0.15) is 0 Å². The van der Waals surface area contributed by atoms with Crippen molar-refractivity contribution >= 4 is 18.3 Å². The molecule has 0 radical (unpaired) electrons. The maximum absolute atomic E-state index is 11.5. The minimum atomic E-state index is -0.116. The van der Waals surface area contributed by atoms with E-state index in [1.54, 1.807) is 7.11 Å². The zero-order valence-corrected chi connectivity index (χ0v) is 11.8. The molecule has 0 bridgehead atoms. The standard InChI is InChI=1S/C13H20N2O2.ClH/c1-9-4-5-11(12(6-9)17-3)8-15-13(16)7-10(2)14;/h4-6,10H,7-8,14H2,1-3H3,(H,15,16);1H. The zero-order chi connectivity index (χ0) is 12.8. The highest BCUT2D eigenvalue weighted by atomic mass is 35.5. The number of amides is 1. The summed E-state index contributed by atoms with van der Waals surface area (Å²) in [5, 5.41) is 2.83. The van der Waals surface area contributed by atoms with E-state index in [2.05, 4.69) is 5.32 Å². The molecule has 0 aliphatic carbocycles. The van der Waals surface area contributed by atoms with Crippen LogP contribution >= 0.6 is 12.4 Å². The lowest BCUT2D eigenvalue weighted by atomic mass is 10.1. The summed E-state index contributed by atoms with van der Waals surface area (Å²) in [5.41, 5.74) is 7.65. The number of nitrogens with two attached hydrogens (primary N) is 1. The minimum Gasteiger partial charge on any atom is -0.496 e. The van der Waals surface area contributed by atoms with Crippen LogP contribution in [0, 0.1) is 6.92 Å². The van der Waals surface area contributed by atoms with Gasteiger partial charge in [-0.25, -0.2) is 0 Å². The van der Waals surface area contributed by atoms with Crippen molar-refractivity contribution in [2.45, 2.75) is 32.9 Å². The lowest BCUT2D eigenvalue weighted by molar-refractivity contribution is -0.121. The Morgan fingerprint density at radius 2 is 2.17 bits per heavy atom. The number of rotatable bonds is 5. The van der Waals surface area contributed by atoms with E-state index >= 15 is 0 Å². The van der Waals surface area contributed by atoms with E-state index in [9.17, 15) is 4.79 Å². The monoisotopic (exact) mass is 272 g/mol. The highest BCUT2D eigenvalue weighted by molar-refractivity contribution is 5.85. The Bertz CT molecular complexity index is 395. The summed E-state index contributed by atoms with van der Waals surface area (Å²) >= 11 is 0. The topological polar surface area (TPSA) is 64.3 Å². The highest BCUT2D eigenvalue weighted by Crippen LogP contribution is 2.19. The average Bonchev–Trinajstić information content (AvgIpc) is 2.26. The van der Waals surface area contributed by atoms with E-state index < -0.39 is 0 Å². The van der Waals surface area contributed by atoms with Crippen LogP contribution in [-0.4, -0.2) is 19.1 Å². The van der Waals surface area contributed by atoms with Gasteiger partial charge in [0.2, 0.25) is 5.91 Å². The van der Waals surface area contributed by atoms with Gasteiger partial charge in [-0.15, -0.1) is 12.4 Å². The lowest BCUT2D eigenvalue weighted by Gasteiger charge is -2.11. The Balaban J connectivity index is 0.00000289. The SMILES string of the molecule is COc1cc(C)ccc1CNC(=O)CC(C)N.Cl. The summed E-state index contributed by atoms with van der Waals surface area (Å²) in [5.74, 6) is 0.758. The first-order valence-corrected chi connectivity index (χ1v) is 5.68. The van der Waals surface area contributed by atoms with Crippen LogP contribution in [0.15, 0.2) is 18.2 Å². The third-order valence-electron chi connectivity index (χ3n) is 2.43. The molecule has 1 atom stereocenters. The molecule has 4 nitrogen and oxygen atoms in total. The summed E-state index contributed by atoms with van der Waals surface area (Å²) in [6.07, 6.45) is 0.341. The van der Waals surface area contributed by atoms with E-state index in [1.807, 2.05) is 32.0 Å². The van der Waals surface area contributed by atoms with Gasteiger partial charge in [-0.1, -0.05) is 12.1 Å². The van der Waals surface area contributed by atoms with Crippen LogP contribution in [0.4, 0.5) is 0 Å². The van der Waals surface area contributed by atoms with Gasteiger partial charge in [-0.05, 0) is 25.5 Å². The molecule has 0 fully saturated rings. The van der Waals surface area contributed by atoms with Gasteiger partial charge in [0.1, 0.15) is 5.75 Å². The fraction of sp³-hybridized carbons (Fsp3) is 0.462. The molecule has 3 N–H and O–H groups in total. The number of halogens is 1. The second kappa shape index (κ2) is 7.95. The van der Waals surface area contributed by atoms with Crippen molar-refractivity contribution in [2.24, 2.45) is 5.73 Å². The van der Waals surface area contributed by atoms with E-state index in [0.29, 0.717) is 13.0 Å². The van der Waals surface area contributed by atoms with E-state index in [0.717, 1.165) is 16.9 Å². The van der Waals surface area contributed by atoms with Crippen molar-refractivity contribution in [2.75, 3.05) is 7.11 Å². The van der Waals surface area contributed by atoms with Gasteiger partial charge in [0, 0.05) is 24.6 Å². The van der Waals surface area contributed by atoms with Crippen LogP contribution < -0.4 is 15.8 Å². The van der Waals surface area contributed by atoms with Crippen molar-refractivity contribution in [1.29, 1.82) is 0 Å². The molecule has 1 rings (SSSR count). The lowest BCUT2D eigenvalue weighted by Crippen LogP contribution is -2.29. The molecule has 18 heavy (non-hydrogen) atoms. The second-order valence-corrected chi connectivity index (χ2v) is 4.27.